The summed E-state index contributed by atoms with van der Waals surface area (Å²) in [6.07, 6.45) is 2.40. The Bertz CT molecular complexity index is 914. The fourth-order valence-electron chi connectivity index (χ4n) is 3.15. The maximum Gasteiger partial charge on any atom is 0.344 e. The van der Waals surface area contributed by atoms with E-state index in [1.165, 1.54) is 0 Å². The number of urea groups is 1. The summed E-state index contributed by atoms with van der Waals surface area (Å²) in [5.41, 5.74) is 1.88. The Morgan fingerprint density at radius 3 is 2.75 bits per heavy atom. The molecule has 1 saturated heterocycles. The maximum absolute atomic E-state index is 13.0. The number of carbonyl (C=O) groups excluding carboxylic acids is 3. The molecule has 2 aromatic rings. The molecular weight excluding hydrogens is 382 g/mol. The molecular formula is C17H19N7O3S. The highest BCUT2D eigenvalue weighted by Gasteiger charge is 2.52. The fraction of sp³-hybridized carbons (Fsp3) is 0.412. The van der Waals surface area contributed by atoms with Crippen LogP contribution in [0.5, 0.6) is 0 Å². The molecule has 2 aliphatic rings. The van der Waals surface area contributed by atoms with Crippen molar-refractivity contribution < 1.29 is 14.4 Å². The molecule has 1 saturated carbocycles. The lowest BCUT2D eigenvalue weighted by Crippen LogP contribution is -2.49. The molecule has 1 aliphatic carbocycles. The van der Waals surface area contributed by atoms with Gasteiger partial charge in [-0.15, -0.1) is 5.10 Å². The average Bonchev–Trinajstić information content (AvgIpc) is 3.40. The average molecular weight is 401 g/mol. The number of benzene rings is 1. The zero-order valence-corrected chi connectivity index (χ0v) is 16.0. The predicted octanol–water partition coefficient (Wildman–Crippen LogP) is 0.989. The van der Waals surface area contributed by atoms with E-state index in [-0.39, 0.29) is 5.75 Å². The molecule has 1 aromatic carbocycles. The third-order valence-electron chi connectivity index (χ3n) is 4.81. The molecule has 146 valence electrons. The summed E-state index contributed by atoms with van der Waals surface area (Å²) in [4.78, 5) is 37.7. The Morgan fingerprint density at radius 2 is 2.07 bits per heavy atom. The monoisotopic (exact) mass is 401 g/mol. The Hall–Kier alpha value is -2.95. The zero-order chi connectivity index (χ0) is 19.7. The minimum Gasteiger partial charge on any atom is -0.318 e. The Labute approximate surface area is 165 Å². The SMILES string of the molecule is CC[C@]1(c2ccccc2)NC(=O)N(NC(=O)CSc2nnnn2C2CC2)C1=O. The van der Waals surface area contributed by atoms with Crippen LogP contribution in [0.3, 0.4) is 0 Å². The van der Waals surface area contributed by atoms with Crippen LogP contribution in [0, 0.1) is 0 Å². The summed E-state index contributed by atoms with van der Waals surface area (Å²) in [6.45, 7) is 1.81. The van der Waals surface area contributed by atoms with Gasteiger partial charge in [0.1, 0.15) is 5.54 Å². The van der Waals surface area contributed by atoms with Gasteiger partial charge in [-0.1, -0.05) is 49.0 Å². The second-order valence-corrected chi connectivity index (χ2v) is 7.60. The zero-order valence-electron chi connectivity index (χ0n) is 15.2. The molecule has 0 unspecified atom stereocenters. The summed E-state index contributed by atoms with van der Waals surface area (Å²) >= 11 is 1.16. The fourth-order valence-corrected chi connectivity index (χ4v) is 3.89. The Balaban J connectivity index is 1.42. The number of nitrogens with one attached hydrogen (secondary N) is 2. The molecule has 4 rings (SSSR count). The lowest BCUT2D eigenvalue weighted by atomic mass is 9.87. The van der Waals surface area contributed by atoms with Gasteiger partial charge in [0.25, 0.3) is 5.91 Å². The molecule has 2 fully saturated rings. The van der Waals surface area contributed by atoms with Gasteiger partial charge in [0.15, 0.2) is 0 Å². The van der Waals surface area contributed by atoms with Crippen molar-refractivity contribution in [3.63, 3.8) is 0 Å². The van der Waals surface area contributed by atoms with Crippen LogP contribution in [-0.2, 0) is 15.1 Å². The molecule has 0 spiro atoms. The lowest BCUT2D eigenvalue weighted by Gasteiger charge is -2.25. The van der Waals surface area contributed by atoms with Crippen molar-refractivity contribution in [2.24, 2.45) is 0 Å². The van der Waals surface area contributed by atoms with Gasteiger partial charge >= 0.3 is 6.03 Å². The highest BCUT2D eigenvalue weighted by Crippen LogP contribution is 2.36. The molecule has 1 aromatic heterocycles. The van der Waals surface area contributed by atoms with E-state index >= 15 is 0 Å². The number of aromatic nitrogens is 4. The molecule has 0 bridgehead atoms. The first-order valence-electron chi connectivity index (χ1n) is 8.97. The van der Waals surface area contributed by atoms with E-state index in [9.17, 15) is 14.4 Å². The number of carbonyl (C=O) groups is 3. The number of tetrazole rings is 1. The van der Waals surface area contributed by atoms with E-state index in [0.29, 0.717) is 23.2 Å². The lowest BCUT2D eigenvalue weighted by molar-refractivity contribution is -0.138. The number of rotatable bonds is 7. The first-order chi connectivity index (χ1) is 13.5. The van der Waals surface area contributed by atoms with Gasteiger partial charge in [-0.3, -0.25) is 15.0 Å². The molecule has 2 N–H and O–H groups in total. The van der Waals surface area contributed by atoms with Crippen LogP contribution < -0.4 is 10.7 Å². The first-order valence-corrected chi connectivity index (χ1v) is 9.96. The van der Waals surface area contributed by atoms with Crippen molar-refractivity contribution in [1.29, 1.82) is 0 Å². The quantitative estimate of drug-likeness (QED) is 0.524. The van der Waals surface area contributed by atoms with Crippen LogP contribution in [0.2, 0.25) is 0 Å². The van der Waals surface area contributed by atoms with Crippen LogP contribution in [0.25, 0.3) is 0 Å². The van der Waals surface area contributed by atoms with E-state index < -0.39 is 23.4 Å². The minimum atomic E-state index is -1.19. The molecule has 0 radical (unpaired) electrons. The highest BCUT2D eigenvalue weighted by atomic mass is 32.2. The number of hydrogen-bond donors (Lipinski definition) is 2. The number of amides is 4. The predicted molar refractivity (Wildman–Crippen MR) is 98.7 cm³/mol. The summed E-state index contributed by atoms with van der Waals surface area (Å²) in [5, 5.41) is 15.5. The third-order valence-corrected chi connectivity index (χ3v) is 5.75. The standard InChI is InChI=1S/C17H19N7O3S/c1-2-17(11-6-4-3-5-7-11)14(26)24(15(27)18-17)20-13(25)10-28-16-19-21-22-23(16)12-8-9-12/h3-7,12H,2,8-10H2,1H3,(H,18,27)(H,20,25)/t17-/m1/s1. The number of imide groups is 1. The van der Waals surface area contributed by atoms with E-state index in [4.69, 9.17) is 0 Å². The van der Waals surface area contributed by atoms with Gasteiger partial charge in [0.2, 0.25) is 11.1 Å². The van der Waals surface area contributed by atoms with Crippen molar-refractivity contribution in [3.8, 4) is 0 Å². The normalized spacial score (nSPS) is 21.7. The molecule has 10 nitrogen and oxygen atoms in total. The molecule has 4 amide bonds. The van der Waals surface area contributed by atoms with Crippen LogP contribution in [0.1, 0.15) is 37.8 Å². The largest absolute Gasteiger partial charge is 0.344 e. The summed E-state index contributed by atoms with van der Waals surface area (Å²) in [6, 6.07) is 8.63. The summed E-state index contributed by atoms with van der Waals surface area (Å²) < 4.78 is 1.70. The minimum absolute atomic E-state index is 0.0192. The number of hydrazine groups is 1. The molecule has 1 aliphatic heterocycles. The third kappa shape index (κ3) is 3.21. The van der Waals surface area contributed by atoms with Gasteiger partial charge in [-0.2, -0.15) is 5.01 Å². The van der Waals surface area contributed by atoms with Crippen molar-refractivity contribution in [1.82, 2.24) is 36.0 Å². The van der Waals surface area contributed by atoms with E-state index in [2.05, 4.69) is 26.3 Å². The topological polar surface area (TPSA) is 122 Å². The van der Waals surface area contributed by atoms with Crippen molar-refractivity contribution >= 4 is 29.6 Å². The second kappa shape index (κ2) is 7.23. The van der Waals surface area contributed by atoms with E-state index in [1.807, 2.05) is 13.0 Å². The molecule has 1 atom stereocenters. The Kier molecular flexibility index (Phi) is 4.75. The Morgan fingerprint density at radius 1 is 1.32 bits per heavy atom. The van der Waals surface area contributed by atoms with Crippen molar-refractivity contribution in [2.75, 3.05) is 5.75 Å². The molecule has 2 heterocycles. The van der Waals surface area contributed by atoms with Crippen LogP contribution >= 0.6 is 11.8 Å². The van der Waals surface area contributed by atoms with Crippen LogP contribution in [0.4, 0.5) is 4.79 Å². The summed E-state index contributed by atoms with van der Waals surface area (Å²) in [7, 11) is 0. The van der Waals surface area contributed by atoms with Crippen LogP contribution in [-0.4, -0.2) is 48.8 Å². The first kappa shape index (κ1) is 18.4. The number of hydrogen-bond acceptors (Lipinski definition) is 7. The number of nitrogens with zero attached hydrogens (tertiary/aromatic N) is 5. The van der Waals surface area contributed by atoms with E-state index in [0.717, 1.165) is 29.6 Å². The molecule has 28 heavy (non-hydrogen) atoms. The maximum atomic E-state index is 13.0. The molecule has 11 heteroatoms. The highest BCUT2D eigenvalue weighted by molar-refractivity contribution is 7.99. The van der Waals surface area contributed by atoms with Crippen molar-refractivity contribution in [2.45, 2.75) is 42.9 Å². The number of thioether (sulfide) groups is 1. The van der Waals surface area contributed by atoms with Gasteiger partial charge < -0.3 is 5.32 Å². The van der Waals surface area contributed by atoms with E-state index in [1.54, 1.807) is 28.9 Å². The van der Waals surface area contributed by atoms with Gasteiger partial charge in [0.05, 0.1) is 11.8 Å². The van der Waals surface area contributed by atoms with Gasteiger partial charge in [-0.05, 0) is 35.3 Å². The second-order valence-electron chi connectivity index (χ2n) is 6.66. The van der Waals surface area contributed by atoms with Crippen molar-refractivity contribution in [3.05, 3.63) is 35.9 Å². The van der Waals surface area contributed by atoms with Gasteiger partial charge in [-0.25, -0.2) is 9.48 Å². The summed E-state index contributed by atoms with van der Waals surface area (Å²) in [5.74, 6) is -1.01. The van der Waals surface area contributed by atoms with Crippen LogP contribution in [0.15, 0.2) is 35.5 Å². The van der Waals surface area contributed by atoms with Gasteiger partial charge in [0, 0.05) is 0 Å². The smallest absolute Gasteiger partial charge is 0.318 e.